The lowest BCUT2D eigenvalue weighted by molar-refractivity contribution is -0.136. The topological polar surface area (TPSA) is 96.9 Å². The van der Waals surface area contributed by atoms with E-state index in [4.69, 9.17) is 16.3 Å². The molecule has 0 radical (unpaired) electrons. The number of nitrogens with one attached hydrogen (secondary N) is 2. The lowest BCUT2D eigenvalue weighted by Crippen LogP contribution is -2.32. The van der Waals surface area contributed by atoms with Crippen molar-refractivity contribution in [1.29, 1.82) is 0 Å². The van der Waals surface area contributed by atoms with Crippen molar-refractivity contribution < 1.29 is 19.1 Å². The zero-order chi connectivity index (χ0) is 23.9. The fraction of sp³-hybridized carbons (Fsp3) is 0. The number of ether oxygens (including phenoxy) is 1. The van der Waals surface area contributed by atoms with Gasteiger partial charge in [0.1, 0.15) is 5.75 Å². The number of para-hydroxylation sites is 1. The van der Waals surface area contributed by atoms with Crippen LogP contribution in [0.3, 0.4) is 0 Å². The molecular weight excluding hydrogens is 454 g/mol. The molecule has 168 valence electrons. The van der Waals surface area contributed by atoms with E-state index in [1.807, 2.05) is 30.3 Å². The Morgan fingerprint density at radius 2 is 1.50 bits per heavy atom. The van der Waals surface area contributed by atoms with E-state index in [1.165, 1.54) is 6.21 Å². The normalized spacial score (nSPS) is 10.7. The summed E-state index contributed by atoms with van der Waals surface area (Å²) in [6.45, 7) is 0. The molecular formula is C26H18ClN3O4. The van der Waals surface area contributed by atoms with Crippen molar-refractivity contribution in [2.24, 2.45) is 5.10 Å². The molecule has 2 amide bonds. The number of amides is 2. The Kier molecular flexibility index (Phi) is 6.95. The highest BCUT2D eigenvalue weighted by Crippen LogP contribution is 2.27. The number of hydrogen-bond acceptors (Lipinski definition) is 5. The summed E-state index contributed by atoms with van der Waals surface area (Å²) >= 11 is 5.88. The van der Waals surface area contributed by atoms with E-state index < -0.39 is 17.8 Å². The second-order valence-corrected chi connectivity index (χ2v) is 7.55. The van der Waals surface area contributed by atoms with Crippen LogP contribution in [0, 0.1) is 0 Å². The number of nitrogens with zero attached hydrogens (tertiary/aromatic N) is 1. The maximum absolute atomic E-state index is 12.6. The minimum Gasteiger partial charge on any atom is -0.422 e. The number of hydrazone groups is 1. The number of benzene rings is 4. The molecule has 0 aliphatic carbocycles. The standard InChI is InChI=1S/C26H18ClN3O4/c27-19-13-10-18(11-14-19)26(33)34-23-15-12-17-6-4-5-9-21(17)22(23)16-28-30-25(32)24(31)29-20-7-2-1-3-8-20/h1-16H,(H,29,31)(H,30,32). The van der Waals surface area contributed by atoms with Gasteiger partial charge < -0.3 is 10.1 Å². The largest absolute Gasteiger partial charge is 0.422 e. The van der Waals surface area contributed by atoms with Crippen LogP contribution >= 0.6 is 11.6 Å². The third-order valence-corrected chi connectivity index (χ3v) is 5.06. The van der Waals surface area contributed by atoms with Gasteiger partial charge in [0.15, 0.2) is 0 Å². The van der Waals surface area contributed by atoms with Crippen LogP contribution in [0.1, 0.15) is 15.9 Å². The van der Waals surface area contributed by atoms with E-state index in [9.17, 15) is 14.4 Å². The quantitative estimate of drug-likeness (QED) is 0.144. The average Bonchev–Trinajstić information content (AvgIpc) is 2.86. The summed E-state index contributed by atoms with van der Waals surface area (Å²) in [7, 11) is 0. The molecule has 7 nitrogen and oxygen atoms in total. The second kappa shape index (κ2) is 10.4. The van der Waals surface area contributed by atoms with E-state index in [0.29, 0.717) is 21.8 Å². The molecule has 0 spiro atoms. The Labute approximate surface area is 200 Å². The first kappa shape index (κ1) is 22.7. The maximum Gasteiger partial charge on any atom is 0.343 e. The number of halogens is 1. The van der Waals surface area contributed by atoms with E-state index in [1.54, 1.807) is 60.7 Å². The number of hydrogen-bond donors (Lipinski definition) is 2. The first-order valence-electron chi connectivity index (χ1n) is 10.2. The van der Waals surface area contributed by atoms with Gasteiger partial charge in [-0.05, 0) is 53.2 Å². The van der Waals surface area contributed by atoms with Gasteiger partial charge in [-0.2, -0.15) is 5.10 Å². The van der Waals surface area contributed by atoms with E-state index in [2.05, 4.69) is 15.8 Å². The lowest BCUT2D eigenvalue weighted by Gasteiger charge is -2.10. The molecule has 0 aliphatic heterocycles. The van der Waals surface area contributed by atoms with Crippen molar-refractivity contribution in [3.8, 4) is 5.75 Å². The van der Waals surface area contributed by atoms with Gasteiger partial charge in [0.25, 0.3) is 0 Å². The first-order chi connectivity index (χ1) is 16.5. The summed E-state index contributed by atoms with van der Waals surface area (Å²) in [5.41, 5.74) is 3.47. The van der Waals surface area contributed by atoms with Crippen molar-refractivity contribution >= 4 is 52.1 Å². The van der Waals surface area contributed by atoms with Gasteiger partial charge in [-0.25, -0.2) is 10.2 Å². The Morgan fingerprint density at radius 3 is 2.26 bits per heavy atom. The molecule has 4 aromatic carbocycles. The van der Waals surface area contributed by atoms with Crippen LogP contribution in [0.25, 0.3) is 10.8 Å². The number of anilines is 1. The predicted molar refractivity (Wildman–Crippen MR) is 131 cm³/mol. The molecule has 0 aliphatic rings. The Hall–Kier alpha value is -4.49. The molecule has 0 saturated carbocycles. The van der Waals surface area contributed by atoms with Crippen molar-refractivity contribution in [3.63, 3.8) is 0 Å². The Morgan fingerprint density at radius 1 is 0.794 bits per heavy atom. The maximum atomic E-state index is 12.6. The van der Waals surface area contributed by atoms with Crippen LogP contribution in [0.2, 0.25) is 5.02 Å². The highest BCUT2D eigenvalue weighted by molar-refractivity contribution is 6.39. The van der Waals surface area contributed by atoms with Gasteiger partial charge in [-0.3, -0.25) is 9.59 Å². The minimum atomic E-state index is -0.944. The van der Waals surface area contributed by atoms with E-state index in [-0.39, 0.29) is 5.75 Å². The van der Waals surface area contributed by atoms with Crippen molar-refractivity contribution in [1.82, 2.24) is 5.43 Å². The Bertz CT molecular complexity index is 1390. The summed E-state index contributed by atoms with van der Waals surface area (Å²) in [6.07, 6.45) is 1.33. The number of carbonyl (C=O) groups excluding carboxylic acids is 3. The molecule has 0 fully saturated rings. The fourth-order valence-corrected chi connectivity index (χ4v) is 3.28. The molecule has 8 heteroatoms. The van der Waals surface area contributed by atoms with Crippen LogP contribution in [-0.2, 0) is 9.59 Å². The zero-order valence-corrected chi connectivity index (χ0v) is 18.5. The van der Waals surface area contributed by atoms with Gasteiger partial charge in [0, 0.05) is 16.3 Å². The molecule has 2 N–H and O–H groups in total. The van der Waals surface area contributed by atoms with Crippen LogP contribution in [0.15, 0.2) is 96.1 Å². The molecule has 0 heterocycles. The smallest absolute Gasteiger partial charge is 0.343 e. The third-order valence-electron chi connectivity index (χ3n) is 4.81. The molecule has 0 unspecified atom stereocenters. The number of carbonyl (C=O) groups is 3. The van der Waals surface area contributed by atoms with Gasteiger partial charge in [-0.15, -0.1) is 0 Å². The minimum absolute atomic E-state index is 0.241. The SMILES string of the molecule is O=C(NN=Cc1c(OC(=O)c2ccc(Cl)cc2)ccc2ccccc12)C(=O)Nc1ccccc1. The molecule has 0 aromatic heterocycles. The van der Waals surface area contributed by atoms with Gasteiger partial charge in [-0.1, -0.05) is 60.1 Å². The van der Waals surface area contributed by atoms with Gasteiger partial charge in [0.05, 0.1) is 11.8 Å². The molecule has 0 bridgehead atoms. The number of fused-ring (bicyclic) bond motifs is 1. The summed E-state index contributed by atoms with van der Waals surface area (Å²) in [5.74, 6) is -2.14. The van der Waals surface area contributed by atoms with Crippen molar-refractivity contribution in [2.45, 2.75) is 0 Å². The second-order valence-electron chi connectivity index (χ2n) is 7.11. The molecule has 0 saturated heterocycles. The Balaban J connectivity index is 1.54. The van der Waals surface area contributed by atoms with Crippen LogP contribution in [-0.4, -0.2) is 24.0 Å². The highest BCUT2D eigenvalue weighted by Gasteiger charge is 2.15. The highest BCUT2D eigenvalue weighted by atomic mass is 35.5. The molecule has 34 heavy (non-hydrogen) atoms. The summed E-state index contributed by atoms with van der Waals surface area (Å²) in [4.78, 5) is 36.9. The van der Waals surface area contributed by atoms with Gasteiger partial charge >= 0.3 is 17.8 Å². The van der Waals surface area contributed by atoms with E-state index in [0.717, 1.165) is 10.8 Å². The van der Waals surface area contributed by atoms with Gasteiger partial charge in [0.2, 0.25) is 0 Å². The lowest BCUT2D eigenvalue weighted by atomic mass is 10.0. The zero-order valence-electron chi connectivity index (χ0n) is 17.7. The van der Waals surface area contributed by atoms with E-state index >= 15 is 0 Å². The first-order valence-corrected chi connectivity index (χ1v) is 10.6. The van der Waals surface area contributed by atoms with Crippen LogP contribution < -0.4 is 15.5 Å². The number of rotatable bonds is 5. The predicted octanol–water partition coefficient (Wildman–Crippen LogP) is 4.80. The summed E-state index contributed by atoms with van der Waals surface area (Å²) in [6, 6.07) is 25.8. The average molecular weight is 472 g/mol. The summed E-state index contributed by atoms with van der Waals surface area (Å²) in [5, 5.41) is 8.51. The fourth-order valence-electron chi connectivity index (χ4n) is 3.16. The van der Waals surface area contributed by atoms with Crippen molar-refractivity contribution in [3.05, 3.63) is 107 Å². The molecule has 4 rings (SSSR count). The van der Waals surface area contributed by atoms with Crippen LogP contribution in [0.4, 0.5) is 5.69 Å². The monoisotopic (exact) mass is 471 g/mol. The summed E-state index contributed by atoms with van der Waals surface area (Å²) < 4.78 is 5.60. The molecule has 4 aromatic rings. The molecule has 0 atom stereocenters. The number of esters is 1. The van der Waals surface area contributed by atoms with Crippen LogP contribution in [0.5, 0.6) is 5.75 Å². The van der Waals surface area contributed by atoms with Crippen molar-refractivity contribution in [2.75, 3.05) is 5.32 Å². The third kappa shape index (κ3) is 5.46.